The summed E-state index contributed by atoms with van der Waals surface area (Å²) in [6.07, 6.45) is 2.01. The molecule has 3 aromatic rings. The monoisotopic (exact) mass is 310 g/mol. The molecule has 0 spiro atoms. The van der Waals surface area contributed by atoms with Crippen LogP contribution in [0, 0.1) is 6.92 Å². The molecule has 1 N–H and O–H groups in total. The summed E-state index contributed by atoms with van der Waals surface area (Å²) in [7, 11) is 0. The highest BCUT2D eigenvalue weighted by molar-refractivity contribution is 7.98. The number of benzene rings is 2. The molecule has 0 unspecified atom stereocenters. The second-order valence-corrected chi connectivity index (χ2v) is 5.77. The number of hydrogen-bond acceptors (Lipinski definition) is 4. The zero-order valence-corrected chi connectivity index (χ0v) is 13.5. The van der Waals surface area contributed by atoms with Crippen LogP contribution >= 0.6 is 11.8 Å². The minimum absolute atomic E-state index is 0.630. The minimum atomic E-state index is 0.630. The summed E-state index contributed by atoms with van der Waals surface area (Å²) in [4.78, 5) is 0. The summed E-state index contributed by atoms with van der Waals surface area (Å²) < 4.78 is 2.09. The maximum absolute atomic E-state index is 4.33. The molecule has 0 radical (unpaired) electrons. The third kappa shape index (κ3) is 3.14. The number of nitrogens with zero attached hydrogens (tertiary/aromatic N) is 3. The van der Waals surface area contributed by atoms with Crippen LogP contribution in [0.2, 0.25) is 0 Å². The molecule has 1 aromatic heterocycles. The van der Waals surface area contributed by atoms with Crippen LogP contribution in [-0.4, -0.2) is 21.0 Å². The van der Waals surface area contributed by atoms with Crippen molar-refractivity contribution >= 4 is 17.4 Å². The van der Waals surface area contributed by atoms with Gasteiger partial charge < -0.3 is 5.32 Å². The number of para-hydroxylation sites is 1. The van der Waals surface area contributed by atoms with Gasteiger partial charge in [0.05, 0.1) is 6.54 Å². The molecule has 0 aliphatic carbocycles. The Kier molecular flexibility index (Phi) is 4.44. The molecule has 3 rings (SSSR count). The number of nitrogens with one attached hydrogen (secondary N) is 1. The fraction of sp³-hybridized carbons (Fsp3) is 0.176. The maximum atomic E-state index is 4.33. The zero-order valence-electron chi connectivity index (χ0n) is 12.7. The Morgan fingerprint density at radius 1 is 1.00 bits per heavy atom. The van der Waals surface area contributed by atoms with Crippen LogP contribution in [0.1, 0.15) is 11.4 Å². The molecule has 0 atom stereocenters. The molecule has 0 aliphatic rings. The standard InChI is InChI=1S/C17H18N4S/c1-13-8-10-14(11-9-13)18-12-16-19-20-17(22-2)21(16)15-6-4-3-5-7-15/h3-11,18H,12H2,1-2H3. The van der Waals surface area contributed by atoms with E-state index in [9.17, 15) is 0 Å². The van der Waals surface area contributed by atoms with Gasteiger partial charge in [0.25, 0.3) is 0 Å². The van der Waals surface area contributed by atoms with Gasteiger partial charge in [0, 0.05) is 11.4 Å². The normalized spacial score (nSPS) is 10.6. The largest absolute Gasteiger partial charge is 0.378 e. The maximum Gasteiger partial charge on any atom is 0.195 e. The van der Waals surface area contributed by atoms with E-state index in [0.717, 1.165) is 22.4 Å². The second kappa shape index (κ2) is 6.66. The molecule has 0 saturated heterocycles. The molecule has 0 amide bonds. The van der Waals surface area contributed by atoms with Crippen LogP contribution < -0.4 is 5.32 Å². The Labute approximate surface area is 134 Å². The fourth-order valence-electron chi connectivity index (χ4n) is 2.24. The van der Waals surface area contributed by atoms with Gasteiger partial charge in [-0.15, -0.1) is 10.2 Å². The number of aromatic nitrogens is 3. The van der Waals surface area contributed by atoms with E-state index in [4.69, 9.17) is 0 Å². The molecule has 1 heterocycles. The summed E-state index contributed by atoms with van der Waals surface area (Å²) >= 11 is 1.60. The predicted molar refractivity (Wildman–Crippen MR) is 91.6 cm³/mol. The topological polar surface area (TPSA) is 42.7 Å². The van der Waals surface area contributed by atoms with Crippen molar-refractivity contribution in [2.45, 2.75) is 18.6 Å². The van der Waals surface area contributed by atoms with Gasteiger partial charge in [-0.25, -0.2) is 0 Å². The van der Waals surface area contributed by atoms with E-state index in [2.05, 4.69) is 63.4 Å². The Bertz CT molecular complexity index is 735. The Hall–Kier alpha value is -2.27. The van der Waals surface area contributed by atoms with E-state index in [1.54, 1.807) is 11.8 Å². The van der Waals surface area contributed by atoms with E-state index in [0.29, 0.717) is 6.54 Å². The van der Waals surface area contributed by atoms with Crippen molar-refractivity contribution < 1.29 is 0 Å². The summed E-state index contributed by atoms with van der Waals surface area (Å²) in [5.74, 6) is 0.899. The summed E-state index contributed by atoms with van der Waals surface area (Å²) in [5.41, 5.74) is 3.42. The lowest BCUT2D eigenvalue weighted by atomic mass is 10.2. The van der Waals surface area contributed by atoms with Crippen LogP contribution in [0.5, 0.6) is 0 Å². The molecule has 112 valence electrons. The first-order chi connectivity index (χ1) is 10.8. The SMILES string of the molecule is CSc1nnc(CNc2ccc(C)cc2)n1-c1ccccc1. The van der Waals surface area contributed by atoms with Crippen LogP contribution in [0.25, 0.3) is 5.69 Å². The average molecular weight is 310 g/mol. The number of thioether (sulfide) groups is 1. The van der Waals surface area contributed by atoms with Gasteiger partial charge in [0.1, 0.15) is 0 Å². The molecular formula is C17H18N4S. The van der Waals surface area contributed by atoms with E-state index in [1.165, 1.54) is 5.56 Å². The van der Waals surface area contributed by atoms with Gasteiger partial charge in [-0.05, 0) is 37.4 Å². The first kappa shape index (κ1) is 14.7. The average Bonchev–Trinajstić information content (AvgIpc) is 2.98. The van der Waals surface area contributed by atoms with E-state index >= 15 is 0 Å². The van der Waals surface area contributed by atoms with Gasteiger partial charge >= 0.3 is 0 Å². The third-order valence-corrected chi connectivity index (χ3v) is 4.03. The number of aryl methyl sites for hydroxylation is 1. The smallest absolute Gasteiger partial charge is 0.195 e. The van der Waals surface area contributed by atoms with Crippen molar-refractivity contribution in [3.05, 3.63) is 66.0 Å². The van der Waals surface area contributed by atoms with Crippen LogP contribution in [-0.2, 0) is 6.54 Å². The third-order valence-electron chi connectivity index (χ3n) is 3.40. The predicted octanol–water partition coefficient (Wildman–Crippen LogP) is 3.91. The number of hydrogen-bond donors (Lipinski definition) is 1. The lowest BCUT2D eigenvalue weighted by Gasteiger charge is -2.10. The lowest BCUT2D eigenvalue weighted by molar-refractivity contribution is 0.842. The highest BCUT2D eigenvalue weighted by Gasteiger charge is 2.12. The second-order valence-electron chi connectivity index (χ2n) is 4.99. The molecule has 0 aliphatic heterocycles. The highest BCUT2D eigenvalue weighted by Crippen LogP contribution is 2.20. The van der Waals surface area contributed by atoms with Crippen molar-refractivity contribution in [2.75, 3.05) is 11.6 Å². The molecule has 4 nitrogen and oxygen atoms in total. The van der Waals surface area contributed by atoms with E-state index < -0.39 is 0 Å². The van der Waals surface area contributed by atoms with E-state index in [-0.39, 0.29) is 0 Å². The number of rotatable bonds is 5. The Balaban J connectivity index is 1.85. The van der Waals surface area contributed by atoms with Gasteiger partial charge in [-0.1, -0.05) is 47.7 Å². The summed E-state index contributed by atoms with van der Waals surface area (Å²) in [6, 6.07) is 18.5. The van der Waals surface area contributed by atoms with Gasteiger partial charge in [-0.2, -0.15) is 0 Å². The van der Waals surface area contributed by atoms with Gasteiger partial charge in [0.15, 0.2) is 11.0 Å². The number of anilines is 1. The van der Waals surface area contributed by atoms with Gasteiger partial charge in [0.2, 0.25) is 0 Å². The Morgan fingerprint density at radius 2 is 1.73 bits per heavy atom. The first-order valence-electron chi connectivity index (χ1n) is 7.12. The molecule has 5 heteroatoms. The highest BCUT2D eigenvalue weighted by atomic mass is 32.2. The van der Waals surface area contributed by atoms with Crippen LogP contribution in [0.15, 0.2) is 59.8 Å². The van der Waals surface area contributed by atoms with Crippen molar-refractivity contribution in [1.82, 2.24) is 14.8 Å². The Morgan fingerprint density at radius 3 is 2.41 bits per heavy atom. The van der Waals surface area contributed by atoms with Crippen LogP contribution in [0.3, 0.4) is 0 Å². The lowest BCUT2D eigenvalue weighted by Crippen LogP contribution is -2.08. The summed E-state index contributed by atoms with van der Waals surface area (Å²) in [6.45, 7) is 2.71. The summed E-state index contributed by atoms with van der Waals surface area (Å²) in [5, 5.41) is 12.9. The molecule has 0 fully saturated rings. The van der Waals surface area contributed by atoms with Crippen molar-refractivity contribution in [3.8, 4) is 5.69 Å². The molecule has 0 saturated carbocycles. The van der Waals surface area contributed by atoms with Crippen molar-refractivity contribution in [1.29, 1.82) is 0 Å². The zero-order chi connectivity index (χ0) is 15.4. The molecular weight excluding hydrogens is 292 g/mol. The quantitative estimate of drug-likeness (QED) is 0.726. The molecule has 2 aromatic carbocycles. The van der Waals surface area contributed by atoms with Gasteiger partial charge in [-0.3, -0.25) is 4.57 Å². The van der Waals surface area contributed by atoms with Crippen molar-refractivity contribution in [2.24, 2.45) is 0 Å². The molecule has 22 heavy (non-hydrogen) atoms. The molecule has 0 bridgehead atoms. The minimum Gasteiger partial charge on any atom is -0.378 e. The van der Waals surface area contributed by atoms with Crippen LogP contribution in [0.4, 0.5) is 5.69 Å². The van der Waals surface area contributed by atoms with E-state index in [1.807, 2.05) is 24.5 Å². The van der Waals surface area contributed by atoms with Crippen molar-refractivity contribution in [3.63, 3.8) is 0 Å². The first-order valence-corrected chi connectivity index (χ1v) is 8.34. The fourth-order valence-corrected chi connectivity index (χ4v) is 2.75.